The van der Waals surface area contributed by atoms with Crippen molar-refractivity contribution in [2.24, 2.45) is 5.92 Å². The van der Waals surface area contributed by atoms with Gasteiger partial charge in [-0.2, -0.15) is 0 Å². The first kappa shape index (κ1) is 21.8. The summed E-state index contributed by atoms with van der Waals surface area (Å²) < 4.78 is 2.91. The first-order valence-electron chi connectivity index (χ1n) is 11.8. The van der Waals surface area contributed by atoms with E-state index in [0.29, 0.717) is 23.9 Å². The van der Waals surface area contributed by atoms with E-state index in [0.717, 1.165) is 39.4 Å². The maximum atomic E-state index is 10.8. The number of nitrogens with two attached hydrogens (primary N) is 1. The number of aryl methyl sites for hydroxylation is 1. The summed E-state index contributed by atoms with van der Waals surface area (Å²) >= 11 is 3.63. The number of nitrogens with zero attached hydrogens (tertiary/aromatic N) is 4. The van der Waals surface area contributed by atoms with E-state index < -0.39 is 12.2 Å². The van der Waals surface area contributed by atoms with Crippen molar-refractivity contribution in [3.05, 3.63) is 52.9 Å². The molecule has 0 spiro atoms. The lowest BCUT2D eigenvalue weighted by Crippen LogP contribution is -2.29. The number of pyridine rings is 1. The number of fused-ring (bicyclic) bond motifs is 2. The number of rotatable bonds is 6. The molecule has 4 atom stereocenters. The second-order valence-corrected chi connectivity index (χ2v) is 10.4. The second-order valence-electron chi connectivity index (χ2n) is 9.57. The van der Waals surface area contributed by atoms with Crippen molar-refractivity contribution in [1.82, 2.24) is 19.5 Å². The van der Waals surface area contributed by atoms with E-state index in [9.17, 15) is 10.2 Å². The van der Waals surface area contributed by atoms with Gasteiger partial charge in [-0.05, 0) is 77.7 Å². The van der Waals surface area contributed by atoms with Gasteiger partial charge in [0, 0.05) is 17.6 Å². The summed E-state index contributed by atoms with van der Waals surface area (Å²) in [6.45, 7) is 0. The monoisotopic (exact) mass is 522 g/mol. The van der Waals surface area contributed by atoms with E-state index in [1.54, 1.807) is 0 Å². The molecule has 0 unspecified atom stereocenters. The molecule has 0 radical (unpaired) electrons. The van der Waals surface area contributed by atoms with Crippen molar-refractivity contribution < 1.29 is 10.2 Å². The third kappa shape index (κ3) is 3.91. The third-order valence-electron chi connectivity index (χ3n) is 7.23. The van der Waals surface area contributed by atoms with Crippen LogP contribution in [-0.4, -0.2) is 48.0 Å². The fraction of sp³-hybridized carbons (Fsp3) is 0.400. The standard InChI is InChI=1S/C25H27BrN6O2/c26-18-10-14-3-1-13(9-19(14)31-24(18)30-16-5-6-16)2-4-15-11-20(22(34)21(15)33)32-8-7-17-23(27)28-12-29-25(17)32/h1,3,7-10,12,15-16,20-22,33-34H,2,4-6,11H2,(H,30,31)(H2,27,28,29)/t15-,20+,21+,22-/m0/s1. The van der Waals surface area contributed by atoms with Gasteiger partial charge in [-0.25, -0.2) is 15.0 Å². The highest BCUT2D eigenvalue weighted by atomic mass is 79.9. The lowest BCUT2D eigenvalue weighted by Gasteiger charge is -2.19. The smallest absolute Gasteiger partial charge is 0.145 e. The predicted octanol–water partition coefficient (Wildman–Crippen LogP) is 3.81. The fourth-order valence-electron chi connectivity index (χ4n) is 5.14. The maximum absolute atomic E-state index is 10.8. The van der Waals surface area contributed by atoms with Gasteiger partial charge in [0.05, 0.1) is 27.5 Å². The summed E-state index contributed by atoms with van der Waals surface area (Å²) in [4.78, 5) is 13.2. The van der Waals surface area contributed by atoms with Crippen LogP contribution < -0.4 is 11.1 Å². The zero-order valence-corrected chi connectivity index (χ0v) is 20.2. The molecule has 0 aliphatic heterocycles. The van der Waals surface area contributed by atoms with Crippen LogP contribution in [0.4, 0.5) is 11.6 Å². The molecule has 0 amide bonds. The lowest BCUT2D eigenvalue weighted by molar-refractivity contribution is 0.00545. The Kier molecular flexibility index (Phi) is 5.43. The van der Waals surface area contributed by atoms with Gasteiger partial charge in [-0.15, -0.1) is 0 Å². The van der Waals surface area contributed by atoms with Crippen LogP contribution in [-0.2, 0) is 6.42 Å². The molecule has 3 heterocycles. The van der Waals surface area contributed by atoms with Gasteiger partial charge in [0.25, 0.3) is 0 Å². The van der Waals surface area contributed by atoms with Crippen LogP contribution in [0.5, 0.6) is 0 Å². The minimum atomic E-state index is -0.858. The number of aromatic nitrogens is 4. The number of aliphatic hydroxyl groups excluding tert-OH is 2. The van der Waals surface area contributed by atoms with E-state index in [1.807, 2.05) is 16.8 Å². The van der Waals surface area contributed by atoms with Gasteiger partial charge in [-0.1, -0.05) is 12.1 Å². The molecule has 34 heavy (non-hydrogen) atoms. The van der Waals surface area contributed by atoms with E-state index in [4.69, 9.17) is 10.7 Å². The molecular weight excluding hydrogens is 496 g/mol. The van der Waals surface area contributed by atoms with E-state index in [-0.39, 0.29) is 12.0 Å². The molecule has 4 aromatic rings. The first-order chi connectivity index (χ1) is 16.5. The molecule has 0 bridgehead atoms. The lowest BCUT2D eigenvalue weighted by atomic mass is 9.95. The SMILES string of the molecule is Nc1ncnc2c1ccn2[C@@H]1C[C@H](CCc2ccc3cc(Br)c(NC4CC4)nc3c2)[C@@H](O)[C@H]1O. The highest BCUT2D eigenvalue weighted by Gasteiger charge is 2.42. The summed E-state index contributed by atoms with van der Waals surface area (Å²) in [6, 6.07) is 10.6. The number of hydrogen-bond acceptors (Lipinski definition) is 7. The van der Waals surface area contributed by atoms with Crippen LogP contribution in [0.1, 0.15) is 37.3 Å². The molecule has 3 aromatic heterocycles. The van der Waals surface area contributed by atoms with Crippen molar-refractivity contribution in [1.29, 1.82) is 0 Å². The van der Waals surface area contributed by atoms with Gasteiger partial charge in [0.15, 0.2) is 0 Å². The summed E-state index contributed by atoms with van der Waals surface area (Å²) in [5.74, 6) is 1.30. The summed E-state index contributed by atoms with van der Waals surface area (Å²) in [5.41, 5.74) is 8.79. The molecule has 0 saturated heterocycles. The van der Waals surface area contributed by atoms with Gasteiger partial charge in [-0.3, -0.25) is 0 Å². The summed E-state index contributed by atoms with van der Waals surface area (Å²) in [6.07, 6.45) is 6.31. The molecule has 9 heteroatoms. The van der Waals surface area contributed by atoms with Crippen molar-refractivity contribution in [3.8, 4) is 0 Å². The number of hydrogen-bond donors (Lipinski definition) is 4. The highest BCUT2D eigenvalue weighted by Crippen LogP contribution is 2.40. The topological polar surface area (TPSA) is 122 Å². The minimum absolute atomic E-state index is 0.0164. The Labute approximate surface area is 205 Å². The molecule has 176 valence electrons. The van der Waals surface area contributed by atoms with E-state index >= 15 is 0 Å². The van der Waals surface area contributed by atoms with Crippen LogP contribution in [0.3, 0.4) is 0 Å². The average molecular weight is 523 g/mol. The van der Waals surface area contributed by atoms with Crippen molar-refractivity contribution in [3.63, 3.8) is 0 Å². The Balaban J connectivity index is 1.19. The van der Waals surface area contributed by atoms with Crippen LogP contribution in [0.15, 0.2) is 47.3 Å². The third-order valence-corrected chi connectivity index (χ3v) is 7.83. The first-order valence-corrected chi connectivity index (χ1v) is 12.6. The van der Waals surface area contributed by atoms with Crippen molar-refractivity contribution >= 4 is 49.5 Å². The molecule has 2 fully saturated rings. The number of benzene rings is 1. The minimum Gasteiger partial charge on any atom is -0.390 e. The van der Waals surface area contributed by atoms with Crippen LogP contribution in [0, 0.1) is 5.92 Å². The van der Waals surface area contributed by atoms with Gasteiger partial charge < -0.3 is 25.8 Å². The summed E-state index contributed by atoms with van der Waals surface area (Å²) in [7, 11) is 0. The number of aliphatic hydroxyl groups is 2. The highest BCUT2D eigenvalue weighted by molar-refractivity contribution is 9.10. The maximum Gasteiger partial charge on any atom is 0.145 e. The number of anilines is 2. The summed E-state index contributed by atoms with van der Waals surface area (Å²) in [5, 5.41) is 27.0. The second kappa shape index (κ2) is 8.48. The molecule has 2 aliphatic carbocycles. The Bertz CT molecular complexity index is 1370. The molecule has 5 N–H and O–H groups in total. The predicted molar refractivity (Wildman–Crippen MR) is 136 cm³/mol. The Morgan fingerprint density at radius 1 is 1.12 bits per heavy atom. The fourth-order valence-corrected chi connectivity index (χ4v) is 5.59. The Morgan fingerprint density at radius 3 is 2.79 bits per heavy atom. The largest absolute Gasteiger partial charge is 0.390 e. The van der Waals surface area contributed by atoms with Crippen LogP contribution in [0.2, 0.25) is 0 Å². The van der Waals surface area contributed by atoms with Gasteiger partial charge in [0.1, 0.15) is 29.7 Å². The molecule has 1 aromatic carbocycles. The quantitative estimate of drug-likeness (QED) is 0.303. The number of nitrogen functional groups attached to an aromatic ring is 1. The van der Waals surface area contributed by atoms with E-state index in [1.165, 1.54) is 24.7 Å². The normalized spacial score (nSPS) is 24.8. The van der Waals surface area contributed by atoms with Gasteiger partial charge in [0.2, 0.25) is 0 Å². The van der Waals surface area contributed by atoms with Crippen molar-refractivity contribution in [2.75, 3.05) is 11.1 Å². The Morgan fingerprint density at radius 2 is 1.97 bits per heavy atom. The average Bonchev–Trinajstić information content (AvgIpc) is 3.47. The molecular formula is C25H27BrN6O2. The van der Waals surface area contributed by atoms with E-state index in [2.05, 4.69) is 55.5 Å². The van der Waals surface area contributed by atoms with Crippen molar-refractivity contribution in [2.45, 2.75) is 56.4 Å². The van der Waals surface area contributed by atoms with Crippen LogP contribution >= 0.6 is 15.9 Å². The molecule has 2 aliphatic rings. The number of nitrogens with one attached hydrogen (secondary N) is 1. The zero-order chi connectivity index (χ0) is 23.4. The zero-order valence-electron chi connectivity index (χ0n) is 18.6. The molecule has 6 rings (SSSR count). The number of halogens is 1. The molecule has 8 nitrogen and oxygen atoms in total. The van der Waals surface area contributed by atoms with Crippen LogP contribution in [0.25, 0.3) is 21.9 Å². The Hall–Kier alpha value is -2.75. The molecule has 2 saturated carbocycles. The van der Waals surface area contributed by atoms with Gasteiger partial charge >= 0.3 is 0 Å².